The molecular weight excluding hydrogens is 210 g/mol. The Morgan fingerprint density at radius 1 is 1.53 bits per heavy atom. The Bertz CT molecular complexity index is 352. The van der Waals surface area contributed by atoms with Crippen molar-refractivity contribution in [3.63, 3.8) is 0 Å². The van der Waals surface area contributed by atoms with Crippen LogP contribution in [0.5, 0.6) is 0 Å². The molecule has 0 bridgehead atoms. The Morgan fingerprint density at radius 3 is 2.47 bits per heavy atom. The topological polar surface area (TPSA) is 39.2 Å². The number of nitrogens with zero attached hydrogens (tertiary/aromatic N) is 1. The van der Waals surface area contributed by atoms with E-state index in [4.69, 9.17) is 4.74 Å². The van der Waals surface area contributed by atoms with E-state index in [1.807, 2.05) is 0 Å². The molecule has 4 heteroatoms. The van der Waals surface area contributed by atoms with Crippen LogP contribution in [0.1, 0.15) is 48.5 Å². The van der Waals surface area contributed by atoms with Gasteiger partial charge in [0, 0.05) is 20.2 Å². The zero-order valence-electron chi connectivity index (χ0n) is 9.83. The summed E-state index contributed by atoms with van der Waals surface area (Å²) in [4.78, 5) is 16.1. The molecule has 0 fully saturated rings. The molecule has 15 heavy (non-hydrogen) atoms. The van der Waals surface area contributed by atoms with Gasteiger partial charge in [0.2, 0.25) is 0 Å². The third kappa shape index (κ3) is 2.86. The zero-order valence-corrected chi connectivity index (χ0v) is 10.6. The fourth-order valence-corrected chi connectivity index (χ4v) is 2.53. The fraction of sp³-hybridized carbons (Fsp3) is 0.636. The SMILES string of the molecule is COC(c1ncc(C(C)=O)s1)C(C)(C)C. The second-order valence-corrected chi connectivity index (χ2v) is 5.66. The van der Waals surface area contributed by atoms with E-state index in [1.54, 1.807) is 20.2 Å². The number of carbonyl (C=O) groups is 1. The van der Waals surface area contributed by atoms with E-state index < -0.39 is 0 Å². The molecule has 0 N–H and O–H groups in total. The van der Waals surface area contributed by atoms with Gasteiger partial charge < -0.3 is 4.74 Å². The van der Waals surface area contributed by atoms with E-state index in [0.29, 0.717) is 4.88 Å². The maximum Gasteiger partial charge on any atom is 0.171 e. The molecule has 1 aromatic rings. The van der Waals surface area contributed by atoms with Crippen molar-refractivity contribution >= 4 is 17.1 Å². The third-order valence-electron chi connectivity index (χ3n) is 2.12. The molecule has 1 unspecified atom stereocenters. The molecule has 1 aromatic heterocycles. The number of rotatable bonds is 3. The highest BCUT2D eigenvalue weighted by Crippen LogP contribution is 2.37. The summed E-state index contributed by atoms with van der Waals surface area (Å²) in [5.41, 5.74) is -0.0132. The van der Waals surface area contributed by atoms with Crippen LogP contribution in [-0.2, 0) is 4.74 Å². The Balaban J connectivity index is 2.98. The van der Waals surface area contributed by atoms with Crippen LogP contribution in [0.4, 0.5) is 0 Å². The highest BCUT2D eigenvalue weighted by molar-refractivity contribution is 7.13. The summed E-state index contributed by atoms with van der Waals surface area (Å²) < 4.78 is 5.43. The van der Waals surface area contributed by atoms with Crippen molar-refractivity contribution in [1.29, 1.82) is 0 Å². The summed E-state index contributed by atoms with van der Waals surface area (Å²) in [6, 6.07) is 0. The largest absolute Gasteiger partial charge is 0.374 e. The molecule has 1 atom stereocenters. The number of carbonyl (C=O) groups excluding carboxylic acids is 1. The number of thiazole rings is 1. The lowest BCUT2D eigenvalue weighted by atomic mass is 9.89. The molecule has 84 valence electrons. The third-order valence-corrected chi connectivity index (χ3v) is 3.26. The van der Waals surface area contributed by atoms with Crippen LogP contribution >= 0.6 is 11.3 Å². The molecule has 1 rings (SSSR count). The number of ketones is 1. The molecule has 0 saturated carbocycles. The maximum atomic E-state index is 11.1. The van der Waals surface area contributed by atoms with Crippen molar-refractivity contribution in [2.45, 2.75) is 33.8 Å². The summed E-state index contributed by atoms with van der Waals surface area (Å²) in [7, 11) is 1.67. The van der Waals surface area contributed by atoms with Gasteiger partial charge in [0.05, 0.1) is 4.88 Å². The second kappa shape index (κ2) is 4.41. The van der Waals surface area contributed by atoms with Gasteiger partial charge in [0.15, 0.2) is 5.78 Å². The lowest BCUT2D eigenvalue weighted by Gasteiger charge is -2.27. The average Bonchev–Trinajstić information content (AvgIpc) is 2.51. The van der Waals surface area contributed by atoms with Crippen LogP contribution in [0.2, 0.25) is 0 Å². The van der Waals surface area contributed by atoms with Crippen molar-refractivity contribution in [3.8, 4) is 0 Å². The summed E-state index contributed by atoms with van der Waals surface area (Å²) in [6.07, 6.45) is 1.57. The predicted molar refractivity (Wildman–Crippen MR) is 61.3 cm³/mol. The molecule has 0 aliphatic carbocycles. The maximum absolute atomic E-state index is 11.1. The van der Waals surface area contributed by atoms with Gasteiger partial charge in [-0.15, -0.1) is 11.3 Å². The first-order valence-electron chi connectivity index (χ1n) is 4.85. The van der Waals surface area contributed by atoms with Crippen LogP contribution in [0.25, 0.3) is 0 Å². The zero-order chi connectivity index (χ0) is 11.6. The molecule has 1 heterocycles. The number of Topliss-reactive ketones (excluding diaryl/α,β-unsaturated/α-hetero) is 1. The molecular formula is C11H17NO2S. The van der Waals surface area contributed by atoms with Gasteiger partial charge in [-0.3, -0.25) is 4.79 Å². The normalized spacial score (nSPS) is 13.9. The highest BCUT2D eigenvalue weighted by atomic mass is 32.1. The lowest BCUT2D eigenvalue weighted by Crippen LogP contribution is -2.19. The van der Waals surface area contributed by atoms with Gasteiger partial charge in [0.1, 0.15) is 11.1 Å². The Hall–Kier alpha value is -0.740. The highest BCUT2D eigenvalue weighted by Gasteiger charge is 2.29. The minimum atomic E-state index is -0.0596. The average molecular weight is 227 g/mol. The van der Waals surface area contributed by atoms with E-state index >= 15 is 0 Å². The standard InChI is InChI=1S/C11H17NO2S/c1-7(13)8-6-12-10(15-8)9(14-5)11(2,3)4/h6,9H,1-5H3. The van der Waals surface area contributed by atoms with Crippen molar-refractivity contribution in [1.82, 2.24) is 4.98 Å². The van der Waals surface area contributed by atoms with Gasteiger partial charge in [-0.05, 0) is 5.41 Å². The van der Waals surface area contributed by atoms with Crippen molar-refractivity contribution in [2.75, 3.05) is 7.11 Å². The van der Waals surface area contributed by atoms with Crippen molar-refractivity contribution < 1.29 is 9.53 Å². The van der Waals surface area contributed by atoms with Crippen LogP contribution < -0.4 is 0 Å². The number of hydrogen-bond donors (Lipinski definition) is 0. The Morgan fingerprint density at radius 2 is 2.13 bits per heavy atom. The minimum Gasteiger partial charge on any atom is -0.374 e. The first-order chi connectivity index (χ1) is 6.86. The molecule has 0 spiro atoms. The summed E-state index contributed by atoms with van der Waals surface area (Å²) in [6.45, 7) is 7.83. The van der Waals surface area contributed by atoms with Crippen LogP contribution in [0.3, 0.4) is 0 Å². The van der Waals surface area contributed by atoms with Gasteiger partial charge >= 0.3 is 0 Å². The second-order valence-electron chi connectivity index (χ2n) is 4.60. The molecule has 3 nitrogen and oxygen atoms in total. The molecule has 0 aliphatic heterocycles. The number of ether oxygens (including phenoxy) is 1. The predicted octanol–water partition coefficient (Wildman–Crippen LogP) is 3.08. The summed E-state index contributed by atoms with van der Waals surface area (Å²) in [5.74, 6) is 0.0579. The van der Waals surface area contributed by atoms with Crippen LogP contribution in [-0.4, -0.2) is 17.9 Å². The fourth-order valence-electron chi connectivity index (χ4n) is 1.40. The Labute approximate surface area is 94.5 Å². The smallest absolute Gasteiger partial charge is 0.171 e. The summed E-state index contributed by atoms with van der Waals surface area (Å²) in [5, 5.41) is 0.871. The van der Waals surface area contributed by atoms with E-state index in [9.17, 15) is 4.79 Å². The van der Waals surface area contributed by atoms with Crippen molar-refractivity contribution in [3.05, 3.63) is 16.1 Å². The van der Waals surface area contributed by atoms with Gasteiger partial charge in [-0.1, -0.05) is 20.8 Å². The van der Waals surface area contributed by atoms with E-state index in [0.717, 1.165) is 5.01 Å². The van der Waals surface area contributed by atoms with E-state index in [2.05, 4.69) is 25.8 Å². The first-order valence-corrected chi connectivity index (χ1v) is 5.67. The van der Waals surface area contributed by atoms with E-state index in [1.165, 1.54) is 11.3 Å². The number of hydrogen-bond acceptors (Lipinski definition) is 4. The molecule has 0 aliphatic rings. The minimum absolute atomic E-state index is 0.0132. The van der Waals surface area contributed by atoms with E-state index in [-0.39, 0.29) is 17.3 Å². The monoisotopic (exact) mass is 227 g/mol. The van der Waals surface area contributed by atoms with Gasteiger partial charge in [0.25, 0.3) is 0 Å². The van der Waals surface area contributed by atoms with Gasteiger partial charge in [-0.25, -0.2) is 4.98 Å². The molecule has 0 saturated heterocycles. The Kier molecular flexibility index (Phi) is 3.62. The quantitative estimate of drug-likeness (QED) is 0.745. The van der Waals surface area contributed by atoms with Gasteiger partial charge in [-0.2, -0.15) is 0 Å². The number of methoxy groups -OCH3 is 1. The van der Waals surface area contributed by atoms with Crippen LogP contribution in [0, 0.1) is 5.41 Å². The lowest BCUT2D eigenvalue weighted by molar-refractivity contribution is 0.0150. The summed E-state index contributed by atoms with van der Waals surface area (Å²) >= 11 is 1.41. The number of aromatic nitrogens is 1. The van der Waals surface area contributed by atoms with Crippen molar-refractivity contribution in [2.24, 2.45) is 5.41 Å². The molecule has 0 aromatic carbocycles. The van der Waals surface area contributed by atoms with Crippen LogP contribution in [0.15, 0.2) is 6.20 Å². The molecule has 0 amide bonds. The first kappa shape index (κ1) is 12.3. The molecule has 0 radical (unpaired) electrons.